The number of sulfonamides is 1. The molecule has 0 amide bonds. The van der Waals surface area contributed by atoms with Crippen molar-refractivity contribution in [1.29, 1.82) is 0 Å². The van der Waals surface area contributed by atoms with Gasteiger partial charge < -0.3 is 9.64 Å². The second-order valence-corrected chi connectivity index (χ2v) is 9.73. The largest absolute Gasteiger partial charge is 0.381 e. The molecule has 0 N–H and O–H groups in total. The van der Waals surface area contributed by atoms with Crippen LogP contribution in [0.5, 0.6) is 0 Å². The van der Waals surface area contributed by atoms with Gasteiger partial charge in [-0.15, -0.1) is 0 Å². The van der Waals surface area contributed by atoms with Crippen LogP contribution in [0.2, 0.25) is 0 Å². The first kappa shape index (κ1) is 20.7. The van der Waals surface area contributed by atoms with E-state index in [4.69, 9.17) is 4.74 Å². The molecule has 2 fully saturated rings. The second kappa shape index (κ2) is 9.43. The van der Waals surface area contributed by atoms with E-state index in [2.05, 4.69) is 27.9 Å². The van der Waals surface area contributed by atoms with Gasteiger partial charge in [-0.25, -0.2) is 12.7 Å². The lowest BCUT2D eigenvalue weighted by molar-refractivity contribution is 0.0156. The molecule has 0 aromatic carbocycles. The van der Waals surface area contributed by atoms with Crippen LogP contribution in [0.25, 0.3) is 0 Å². The quantitative estimate of drug-likeness (QED) is 0.654. The van der Waals surface area contributed by atoms with Crippen molar-refractivity contribution in [1.82, 2.24) is 19.1 Å². The Morgan fingerprint density at radius 2 is 2.00 bits per heavy atom. The first-order valence-corrected chi connectivity index (χ1v) is 11.6. The van der Waals surface area contributed by atoms with Crippen LogP contribution in [0.15, 0.2) is 24.5 Å². The molecule has 152 valence electrons. The summed E-state index contributed by atoms with van der Waals surface area (Å²) in [6.45, 7) is 5.61. The van der Waals surface area contributed by atoms with Crippen molar-refractivity contribution in [2.24, 2.45) is 0 Å². The van der Waals surface area contributed by atoms with Crippen molar-refractivity contribution in [3.8, 4) is 0 Å². The molecule has 1 atom stereocenters. The first-order chi connectivity index (χ1) is 12.9. The Hall–Kier alpha value is -1.06. The Labute approximate surface area is 163 Å². The number of hydrogen-bond donors (Lipinski definition) is 0. The molecule has 2 aliphatic heterocycles. The van der Waals surface area contributed by atoms with Crippen molar-refractivity contribution in [3.05, 3.63) is 30.1 Å². The molecule has 0 bridgehead atoms. The van der Waals surface area contributed by atoms with E-state index in [9.17, 15) is 8.42 Å². The molecule has 27 heavy (non-hydrogen) atoms. The van der Waals surface area contributed by atoms with Crippen LogP contribution in [0, 0.1) is 0 Å². The van der Waals surface area contributed by atoms with E-state index in [1.165, 1.54) is 11.8 Å². The third-order valence-electron chi connectivity index (χ3n) is 5.64. The molecule has 8 heteroatoms. The Morgan fingerprint density at radius 1 is 1.22 bits per heavy atom. The zero-order valence-corrected chi connectivity index (χ0v) is 17.3. The van der Waals surface area contributed by atoms with Gasteiger partial charge >= 0.3 is 0 Å². The van der Waals surface area contributed by atoms with Gasteiger partial charge in [-0.2, -0.15) is 0 Å². The number of hydrogen-bond acceptors (Lipinski definition) is 6. The van der Waals surface area contributed by atoms with Crippen LogP contribution >= 0.6 is 0 Å². The molecule has 1 aromatic heterocycles. The third kappa shape index (κ3) is 5.96. The fourth-order valence-corrected chi connectivity index (χ4v) is 5.01. The highest BCUT2D eigenvalue weighted by Crippen LogP contribution is 2.24. The van der Waals surface area contributed by atoms with Crippen molar-refractivity contribution in [2.75, 3.05) is 52.7 Å². The lowest BCUT2D eigenvalue weighted by Crippen LogP contribution is -2.49. The summed E-state index contributed by atoms with van der Waals surface area (Å²) in [5.74, 6) is 0. The molecule has 3 rings (SSSR count). The molecule has 2 aliphatic rings. The number of ether oxygens (including phenoxy) is 1. The highest BCUT2D eigenvalue weighted by atomic mass is 32.2. The van der Waals surface area contributed by atoms with Crippen LogP contribution in [-0.2, 0) is 21.3 Å². The minimum atomic E-state index is -3.11. The predicted octanol–water partition coefficient (Wildman–Crippen LogP) is 1.03. The average molecular weight is 397 g/mol. The Balaban J connectivity index is 1.60. The van der Waals surface area contributed by atoms with Gasteiger partial charge in [-0.3, -0.25) is 9.88 Å². The van der Waals surface area contributed by atoms with Crippen molar-refractivity contribution in [2.45, 2.75) is 37.9 Å². The third-order valence-corrected chi connectivity index (χ3v) is 6.91. The maximum absolute atomic E-state index is 11.9. The van der Waals surface area contributed by atoms with Crippen LogP contribution < -0.4 is 0 Å². The average Bonchev–Trinajstić information content (AvgIpc) is 3.14. The van der Waals surface area contributed by atoms with Crippen molar-refractivity contribution in [3.63, 3.8) is 0 Å². The van der Waals surface area contributed by atoms with E-state index < -0.39 is 10.0 Å². The molecular formula is C19H32N4O3S. The molecule has 3 heterocycles. The van der Waals surface area contributed by atoms with Gasteiger partial charge in [0.15, 0.2) is 0 Å². The number of likely N-dealkylation sites (N-methyl/N-ethyl adjacent to an activating group) is 1. The molecule has 0 radical (unpaired) electrons. The summed E-state index contributed by atoms with van der Waals surface area (Å²) in [5.41, 5.74) is 1.21. The number of aromatic nitrogens is 1. The molecule has 0 saturated carbocycles. The molecule has 0 aliphatic carbocycles. The van der Waals surface area contributed by atoms with Crippen LogP contribution in [0.1, 0.15) is 24.8 Å². The normalized spacial score (nSPS) is 22.7. The number of nitrogens with zero attached hydrogens (tertiary/aromatic N) is 4. The number of pyridine rings is 1. The molecule has 2 saturated heterocycles. The van der Waals surface area contributed by atoms with E-state index >= 15 is 0 Å². The van der Waals surface area contributed by atoms with Gasteiger partial charge in [0.25, 0.3) is 0 Å². The van der Waals surface area contributed by atoms with Gasteiger partial charge in [0, 0.05) is 70.4 Å². The maximum atomic E-state index is 11.9. The Morgan fingerprint density at radius 3 is 2.63 bits per heavy atom. The zero-order valence-electron chi connectivity index (χ0n) is 16.5. The highest BCUT2D eigenvalue weighted by Gasteiger charge is 2.35. The first-order valence-electron chi connectivity index (χ1n) is 9.79. The standard InChI is InChI=1S/C19H32N4O3S/c1-21(15-17-4-3-8-20-14-17)10-11-23(18-6-12-26-13-7-18)19-5-9-22(16-19)27(2,24)25/h3-4,8,14,18-19H,5-7,9-13,15-16H2,1-2H3. The van der Waals surface area contributed by atoms with Gasteiger partial charge in [-0.1, -0.05) is 6.07 Å². The highest BCUT2D eigenvalue weighted by molar-refractivity contribution is 7.88. The van der Waals surface area contributed by atoms with Crippen LogP contribution in [0.4, 0.5) is 0 Å². The zero-order chi connectivity index (χ0) is 19.3. The lowest BCUT2D eigenvalue weighted by atomic mass is 10.0. The summed E-state index contributed by atoms with van der Waals surface area (Å²) < 4.78 is 31.0. The van der Waals surface area contributed by atoms with Crippen molar-refractivity contribution < 1.29 is 13.2 Å². The molecule has 1 unspecified atom stereocenters. The lowest BCUT2D eigenvalue weighted by Gasteiger charge is -2.39. The smallest absolute Gasteiger partial charge is 0.211 e. The van der Waals surface area contributed by atoms with Crippen LogP contribution in [-0.4, -0.2) is 92.3 Å². The van der Waals surface area contributed by atoms with Gasteiger partial charge in [0.1, 0.15) is 0 Å². The summed E-state index contributed by atoms with van der Waals surface area (Å²) in [5, 5.41) is 0. The minimum absolute atomic E-state index is 0.301. The molecule has 0 spiro atoms. The summed E-state index contributed by atoms with van der Waals surface area (Å²) >= 11 is 0. The summed E-state index contributed by atoms with van der Waals surface area (Å²) in [6, 6.07) is 4.85. The number of rotatable bonds is 8. The van der Waals surface area contributed by atoms with E-state index in [1.54, 1.807) is 10.5 Å². The van der Waals surface area contributed by atoms with Gasteiger partial charge in [0.2, 0.25) is 10.0 Å². The minimum Gasteiger partial charge on any atom is -0.381 e. The predicted molar refractivity (Wildman–Crippen MR) is 106 cm³/mol. The maximum Gasteiger partial charge on any atom is 0.211 e. The van der Waals surface area contributed by atoms with E-state index in [1.807, 2.05) is 12.3 Å². The van der Waals surface area contributed by atoms with Gasteiger partial charge in [-0.05, 0) is 37.9 Å². The van der Waals surface area contributed by atoms with E-state index in [0.29, 0.717) is 25.2 Å². The summed E-state index contributed by atoms with van der Waals surface area (Å²) in [4.78, 5) is 9.05. The fraction of sp³-hybridized carbons (Fsp3) is 0.737. The second-order valence-electron chi connectivity index (χ2n) is 7.74. The van der Waals surface area contributed by atoms with E-state index in [0.717, 1.165) is 52.1 Å². The summed E-state index contributed by atoms with van der Waals surface area (Å²) in [7, 11) is -0.975. The molecule has 7 nitrogen and oxygen atoms in total. The summed E-state index contributed by atoms with van der Waals surface area (Å²) in [6.07, 6.45) is 7.99. The van der Waals surface area contributed by atoms with Crippen molar-refractivity contribution >= 4 is 10.0 Å². The SMILES string of the molecule is CN(CCN(C1CCOCC1)C1CCN(S(C)(=O)=O)C1)Cc1cccnc1. The molecular weight excluding hydrogens is 364 g/mol. The Kier molecular flexibility index (Phi) is 7.22. The van der Waals surface area contributed by atoms with Gasteiger partial charge in [0.05, 0.1) is 6.26 Å². The monoisotopic (exact) mass is 396 g/mol. The molecule has 1 aromatic rings. The van der Waals surface area contributed by atoms with E-state index in [-0.39, 0.29) is 0 Å². The fourth-order valence-electron chi connectivity index (χ4n) is 4.13. The van der Waals surface area contributed by atoms with Crippen LogP contribution in [0.3, 0.4) is 0 Å². The Bertz CT molecular complexity index is 679. The topological polar surface area (TPSA) is 66.0 Å².